The van der Waals surface area contributed by atoms with Crippen LogP contribution in [0, 0.1) is 0 Å². The van der Waals surface area contributed by atoms with Crippen LogP contribution in [0.5, 0.6) is 0 Å². The minimum absolute atomic E-state index is 0.0174. The summed E-state index contributed by atoms with van der Waals surface area (Å²) in [5.41, 5.74) is 0.257. The first-order valence-electron chi connectivity index (χ1n) is 8.34. The number of para-hydroxylation sites is 1. The molecule has 0 aliphatic rings. The number of hydrogen-bond donors (Lipinski definition) is 0. The van der Waals surface area contributed by atoms with Crippen molar-refractivity contribution >= 4 is 44.3 Å². The van der Waals surface area contributed by atoms with Crippen LogP contribution in [-0.4, -0.2) is 0 Å². The lowest BCUT2D eigenvalue weighted by atomic mass is 10.0. The molecule has 0 aliphatic heterocycles. The third kappa shape index (κ3) is 1.28. The first kappa shape index (κ1) is 5.77. The van der Waals surface area contributed by atoms with Crippen LogP contribution in [0.25, 0.3) is 32.7 Å². The predicted octanol–water partition coefficient (Wildman–Crippen LogP) is 5.39. The highest BCUT2D eigenvalue weighted by atomic mass is 35.5. The fraction of sp³-hybridized carbons (Fsp3) is 0. The van der Waals surface area contributed by atoms with Gasteiger partial charge in [-0.15, -0.1) is 0 Å². The molecular formula is C16H9ClO. The molecule has 4 rings (SSSR count). The molecule has 3 aromatic carbocycles. The van der Waals surface area contributed by atoms with Crippen molar-refractivity contribution in [2.24, 2.45) is 0 Å². The van der Waals surface area contributed by atoms with Crippen LogP contribution < -0.4 is 0 Å². The number of fused-ring (bicyclic) bond motifs is 5. The van der Waals surface area contributed by atoms with E-state index in [-0.39, 0.29) is 57.8 Å². The Kier molecular flexibility index (Phi) is 1.12. The predicted molar refractivity (Wildman–Crippen MR) is 76.2 cm³/mol. The Morgan fingerprint density at radius 3 is 2.83 bits per heavy atom. The minimum Gasteiger partial charge on any atom is -0.456 e. The molecule has 0 atom stereocenters. The van der Waals surface area contributed by atoms with Crippen LogP contribution in [0.2, 0.25) is 5.02 Å². The Labute approximate surface area is 117 Å². The van der Waals surface area contributed by atoms with Gasteiger partial charge in [-0.2, -0.15) is 0 Å². The van der Waals surface area contributed by atoms with E-state index >= 15 is 0 Å². The van der Waals surface area contributed by atoms with Gasteiger partial charge in [0.25, 0.3) is 0 Å². The van der Waals surface area contributed by atoms with Gasteiger partial charge < -0.3 is 4.42 Å². The molecule has 2 heteroatoms. The zero-order chi connectivity index (χ0) is 17.3. The van der Waals surface area contributed by atoms with Gasteiger partial charge in [-0.3, -0.25) is 0 Å². The second kappa shape index (κ2) is 3.50. The Balaban J connectivity index is 2.45. The molecule has 0 fully saturated rings. The average molecular weight is 259 g/mol. The average Bonchev–Trinajstić information content (AvgIpc) is 2.92. The number of rotatable bonds is 0. The van der Waals surface area contributed by atoms with Gasteiger partial charge in [0, 0.05) is 15.8 Å². The summed E-state index contributed by atoms with van der Waals surface area (Å²) < 4.78 is 54.0. The van der Waals surface area contributed by atoms with Gasteiger partial charge in [-0.05, 0) is 35.0 Å². The second-order valence-electron chi connectivity index (χ2n) is 3.93. The van der Waals surface area contributed by atoms with Gasteiger partial charge >= 0.3 is 0 Å². The van der Waals surface area contributed by atoms with E-state index in [1.165, 1.54) is 12.1 Å². The molecule has 0 radical (unpaired) electrons. The number of furan rings is 1. The molecule has 0 saturated heterocycles. The van der Waals surface area contributed by atoms with Crippen molar-refractivity contribution in [1.82, 2.24) is 0 Å². The number of benzene rings is 3. The highest BCUT2D eigenvalue weighted by molar-refractivity contribution is 6.32. The smallest absolute Gasteiger partial charge is 0.136 e. The molecule has 1 aromatic heterocycles. The maximum Gasteiger partial charge on any atom is 0.136 e. The van der Waals surface area contributed by atoms with Crippen molar-refractivity contribution in [3.05, 3.63) is 59.5 Å². The highest BCUT2D eigenvalue weighted by Crippen LogP contribution is 2.35. The van der Waals surface area contributed by atoms with Crippen molar-refractivity contribution in [3.8, 4) is 0 Å². The maximum atomic E-state index is 8.25. The van der Waals surface area contributed by atoms with Gasteiger partial charge in [0.05, 0.1) is 8.22 Å². The van der Waals surface area contributed by atoms with Gasteiger partial charge in [0.2, 0.25) is 0 Å². The zero-order valence-corrected chi connectivity index (χ0v) is 9.77. The van der Waals surface area contributed by atoms with E-state index in [1.807, 2.05) is 0 Å². The lowest BCUT2D eigenvalue weighted by Crippen LogP contribution is -1.74. The highest BCUT2D eigenvalue weighted by Gasteiger charge is 2.09. The van der Waals surface area contributed by atoms with Crippen molar-refractivity contribution in [2.45, 2.75) is 0 Å². The topological polar surface area (TPSA) is 13.1 Å². The van der Waals surface area contributed by atoms with Crippen LogP contribution in [0.3, 0.4) is 0 Å². The molecule has 86 valence electrons. The van der Waals surface area contributed by atoms with E-state index in [0.29, 0.717) is 16.2 Å². The largest absolute Gasteiger partial charge is 0.456 e. The third-order valence-corrected chi connectivity index (χ3v) is 3.09. The van der Waals surface area contributed by atoms with E-state index < -0.39 is 0 Å². The summed E-state index contributed by atoms with van der Waals surface area (Å²) in [6, 6.07) is 3.50. The summed E-state index contributed by atoms with van der Waals surface area (Å²) in [6.07, 6.45) is 0. The van der Waals surface area contributed by atoms with Gasteiger partial charge in [0.1, 0.15) is 11.2 Å². The van der Waals surface area contributed by atoms with Crippen LogP contribution in [0.1, 0.15) is 8.22 Å². The third-order valence-electron chi connectivity index (χ3n) is 2.87. The lowest BCUT2D eigenvalue weighted by Gasteiger charge is -2.00. The van der Waals surface area contributed by atoms with E-state index in [1.54, 1.807) is 6.07 Å². The van der Waals surface area contributed by atoms with E-state index in [9.17, 15) is 0 Å². The fourth-order valence-corrected chi connectivity index (χ4v) is 2.25. The molecular weight excluding hydrogens is 244 g/mol. The van der Waals surface area contributed by atoms with Crippen molar-refractivity contribution in [1.29, 1.82) is 0 Å². The number of halogens is 1. The zero-order valence-electron chi connectivity index (χ0n) is 15.0. The Bertz CT molecular complexity index is 1180. The molecule has 0 saturated carbocycles. The molecule has 0 bridgehead atoms. The Morgan fingerprint density at radius 2 is 1.89 bits per heavy atom. The molecule has 1 heterocycles. The summed E-state index contributed by atoms with van der Waals surface area (Å²) in [6.45, 7) is 0. The Morgan fingerprint density at radius 1 is 0.944 bits per heavy atom. The molecule has 0 aliphatic carbocycles. The summed E-state index contributed by atoms with van der Waals surface area (Å²) >= 11 is 6.05. The first-order valence-corrected chi connectivity index (χ1v) is 5.71. The van der Waals surface area contributed by atoms with Crippen LogP contribution in [-0.2, 0) is 0 Å². The van der Waals surface area contributed by atoms with E-state index in [2.05, 4.69) is 0 Å². The molecule has 1 nitrogen and oxygen atoms in total. The summed E-state index contributed by atoms with van der Waals surface area (Å²) in [4.78, 5) is 0. The van der Waals surface area contributed by atoms with Crippen LogP contribution in [0.15, 0.2) is 58.9 Å². The Hall–Kier alpha value is -1.99. The summed E-state index contributed by atoms with van der Waals surface area (Å²) in [5.74, 6) is 0. The molecule has 0 N–H and O–H groups in total. The van der Waals surface area contributed by atoms with E-state index in [4.69, 9.17) is 24.2 Å². The maximum absolute atomic E-state index is 8.25. The molecule has 0 spiro atoms. The van der Waals surface area contributed by atoms with Gasteiger partial charge in [-0.1, -0.05) is 41.8 Å². The molecule has 4 aromatic rings. The van der Waals surface area contributed by atoms with Crippen molar-refractivity contribution < 1.29 is 12.6 Å². The minimum atomic E-state index is -0.256. The standard InChI is InChI=1S/C16H9ClO/c17-11-7-5-10-6-8-15-16(13(10)9-11)12-3-1-2-4-14(12)18-15/h1-9H/i1D,2D,3D,6D,8D,9D. The SMILES string of the molecule is [2H]c1cc2oc3c([2H])c([2H])c4ccc(Cl)c([2H])c4c3c2c([2H])c1[2H]. The van der Waals surface area contributed by atoms with Crippen LogP contribution >= 0.6 is 11.6 Å². The molecule has 0 amide bonds. The van der Waals surface area contributed by atoms with Crippen molar-refractivity contribution in [2.75, 3.05) is 0 Å². The van der Waals surface area contributed by atoms with Crippen molar-refractivity contribution in [3.63, 3.8) is 0 Å². The lowest BCUT2D eigenvalue weighted by molar-refractivity contribution is 0.669. The quantitative estimate of drug-likeness (QED) is 0.412. The second-order valence-corrected chi connectivity index (χ2v) is 4.34. The monoisotopic (exact) mass is 258 g/mol. The van der Waals surface area contributed by atoms with E-state index in [0.717, 1.165) is 0 Å². The first-order chi connectivity index (χ1) is 11.3. The normalized spacial score (nSPS) is 16.3. The summed E-state index contributed by atoms with van der Waals surface area (Å²) in [7, 11) is 0. The summed E-state index contributed by atoms with van der Waals surface area (Å²) in [5, 5.41) is 1.46. The molecule has 0 unspecified atom stereocenters. The molecule has 18 heavy (non-hydrogen) atoms. The number of hydrogen-bond acceptors (Lipinski definition) is 1. The van der Waals surface area contributed by atoms with Crippen LogP contribution in [0.4, 0.5) is 0 Å². The fourth-order valence-electron chi connectivity index (χ4n) is 2.09. The van der Waals surface area contributed by atoms with Gasteiger partial charge in [-0.25, -0.2) is 0 Å². The van der Waals surface area contributed by atoms with Gasteiger partial charge in [0.15, 0.2) is 0 Å².